The van der Waals surface area contributed by atoms with E-state index < -0.39 is 10.9 Å². The maximum Gasteiger partial charge on any atom is 0.311 e. The van der Waals surface area contributed by atoms with E-state index in [1.807, 2.05) is 6.92 Å². The van der Waals surface area contributed by atoms with Crippen molar-refractivity contribution in [3.63, 3.8) is 0 Å². The van der Waals surface area contributed by atoms with Gasteiger partial charge in [0.1, 0.15) is 5.75 Å². The average molecular weight is 337 g/mol. The van der Waals surface area contributed by atoms with Crippen LogP contribution in [0.15, 0.2) is 24.3 Å². The molecule has 132 valence electrons. The largest absolute Gasteiger partial charge is 0.466 e. The summed E-state index contributed by atoms with van der Waals surface area (Å²) < 4.78 is 10.1. The zero-order chi connectivity index (χ0) is 17.8. The van der Waals surface area contributed by atoms with Gasteiger partial charge in [-0.25, -0.2) is 0 Å². The number of nitro benzene ring substituents is 1. The van der Waals surface area contributed by atoms with E-state index in [0.29, 0.717) is 25.9 Å². The first-order chi connectivity index (χ1) is 11.5. The predicted molar refractivity (Wildman–Crippen MR) is 87.7 cm³/mol. The molecule has 0 bridgehead atoms. The van der Waals surface area contributed by atoms with Gasteiger partial charge in [0.2, 0.25) is 0 Å². The van der Waals surface area contributed by atoms with Gasteiger partial charge in [-0.15, -0.1) is 0 Å². The van der Waals surface area contributed by atoms with Crippen LogP contribution in [0.1, 0.15) is 51.9 Å². The lowest BCUT2D eigenvalue weighted by molar-refractivity contribution is -0.384. The number of non-ortho nitro benzene ring substituents is 1. The molecular weight excluding hydrogens is 314 g/mol. The Morgan fingerprint density at radius 3 is 2.21 bits per heavy atom. The number of nitrogens with zero attached hydrogens (tertiary/aromatic N) is 1. The molecule has 0 N–H and O–H groups in total. The van der Waals surface area contributed by atoms with E-state index >= 15 is 0 Å². The topological polar surface area (TPSA) is 95.7 Å². The number of hydrogen-bond donors (Lipinski definition) is 0. The van der Waals surface area contributed by atoms with Gasteiger partial charge in [-0.3, -0.25) is 19.7 Å². The number of hydrogen-bond acceptors (Lipinski definition) is 6. The molecule has 0 unspecified atom stereocenters. The lowest BCUT2D eigenvalue weighted by Crippen LogP contribution is -2.08. The summed E-state index contributed by atoms with van der Waals surface area (Å²) in [5, 5.41) is 10.5. The van der Waals surface area contributed by atoms with E-state index in [4.69, 9.17) is 9.47 Å². The molecule has 0 aliphatic carbocycles. The Labute approximate surface area is 141 Å². The first-order valence-corrected chi connectivity index (χ1v) is 8.13. The summed E-state index contributed by atoms with van der Waals surface area (Å²) in [5.41, 5.74) is -0.0550. The molecule has 7 heteroatoms. The van der Waals surface area contributed by atoms with Crippen molar-refractivity contribution >= 4 is 17.6 Å². The van der Waals surface area contributed by atoms with E-state index in [2.05, 4.69) is 0 Å². The Bertz CT molecular complexity index is 541. The van der Waals surface area contributed by atoms with Crippen molar-refractivity contribution in [3.05, 3.63) is 34.4 Å². The average Bonchev–Trinajstić information content (AvgIpc) is 2.55. The van der Waals surface area contributed by atoms with Crippen molar-refractivity contribution in [2.75, 3.05) is 6.61 Å². The molecule has 0 saturated heterocycles. The SMILES string of the molecule is CCCCOC(=O)CCCCCC(=O)Oc1ccc([N+](=O)[O-])cc1. The number of unbranched alkanes of at least 4 members (excludes halogenated alkanes) is 3. The zero-order valence-electron chi connectivity index (χ0n) is 13.9. The van der Waals surface area contributed by atoms with Gasteiger partial charge in [0.25, 0.3) is 5.69 Å². The number of rotatable bonds is 11. The van der Waals surface area contributed by atoms with Crippen molar-refractivity contribution in [3.8, 4) is 5.75 Å². The van der Waals surface area contributed by atoms with Crippen LogP contribution in [-0.2, 0) is 14.3 Å². The third-order valence-corrected chi connectivity index (χ3v) is 3.30. The molecule has 7 nitrogen and oxygen atoms in total. The summed E-state index contributed by atoms with van der Waals surface area (Å²) in [4.78, 5) is 33.0. The summed E-state index contributed by atoms with van der Waals surface area (Å²) in [7, 11) is 0. The molecule has 0 fully saturated rings. The van der Waals surface area contributed by atoms with Gasteiger partial charge in [0.05, 0.1) is 11.5 Å². The molecule has 24 heavy (non-hydrogen) atoms. The second-order valence-electron chi connectivity index (χ2n) is 5.36. The molecule has 0 aromatic heterocycles. The summed E-state index contributed by atoms with van der Waals surface area (Å²) in [5.74, 6) is -0.309. The number of ether oxygens (including phenoxy) is 2. The molecule has 0 amide bonds. The summed E-state index contributed by atoms with van der Waals surface area (Å²) in [6, 6.07) is 5.35. The second kappa shape index (κ2) is 11.2. The fraction of sp³-hybridized carbons (Fsp3) is 0.529. The van der Waals surface area contributed by atoms with Crippen LogP contribution in [0.5, 0.6) is 5.75 Å². The Morgan fingerprint density at radius 2 is 1.62 bits per heavy atom. The highest BCUT2D eigenvalue weighted by Crippen LogP contribution is 2.18. The lowest BCUT2D eigenvalue weighted by atomic mass is 10.1. The van der Waals surface area contributed by atoms with Crippen molar-refractivity contribution in [1.82, 2.24) is 0 Å². The second-order valence-corrected chi connectivity index (χ2v) is 5.36. The fourth-order valence-electron chi connectivity index (χ4n) is 1.94. The number of benzene rings is 1. The van der Waals surface area contributed by atoms with Crippen molar-refractivity contribution < 1.29 is 24.0 Å². The highest BCUT2D eigenvalue weighted by atomic mass is 16.6. The molecule has 1 aromatic carbocycles. The molecular formula is C17H23NO6. The van der Waals surface area contributed by atoms with Crippen LogP contribution in [0.4, 0.5) is 5.69 Å². The normalized spacial score (nSPS) is 10.2. The minimum absolute atomic E-state index is 0.0550. The van der Waals surface area contributed by atoms with Crippen LogP contribution < -0.4 is 4.74 Å². The van der Waals surface area contributed by atoms with Gasteiger partial charge in [0.15, 0.2) is 0 Å². The van der Waals surface area contributed by atoms with Gasteiger partial charge in [-0.1, -0.05) is 19.8 Å². The van der Waals surface area contributed by atoms with Gasteiger partial charge >= 0.3 is 11.9 Å². The highest BCUT2D eigenvalue weighted by Gasteiger charge is 2.08. The Hall–Kier alpha value is -2.44. The molecule has 1 rings (SSSR count). The summed E-state index contributed by atoms with van der Waals surface area (Å²) in [6.45, 7) is 2.50. The first kappa shape index (κ1) is 19.6. The molecule has 0 spiro atoms. The first-order valence-electron chi connectivity index (χ1n) is 8.13. The number of nitro groups is 1. The third kappa shape index (κ3) is 8.26. The Kier molecular flexibility index (Phi) is 9.11. The van der Waals surface area contributed by atoms with Crippen LogP contribution in [0.2, 0.25) is 0 Å². The predicted octanol–water partition coefficient (Wildman–Crippen LogP) is 3.79. The molecule has 0 radical (unpaired) electrons. The summed E-state index contributed by atoms with van der Waals surface area (Å²) in [6.07, 6.45) is 4.50. The monoisotopic (exact) mass is 337 g/mol. The minimum atomic E-state index is -0.515. The molecule has 0 aliphatic heterocycles. The third-order valence-electron chi connectivity index (χ3n) is 3.30. The maximum absolute atomic E-state index is 11.7. The molecule has 0 saturated carbocycles. The van der Waals surface area contributed by atoms with Crippen molar-refractivity contribution in [2.24, 2.45) is 0 Å². The number of esters is 2. The molecule has 0 atom stereocenters. The molecule has 1 aromatic rings. The molecule has 0 aliphatic rings. The van der Waals surface area contributed by atoms with E-state index in [1.165, 1.54) is 24.3 Å². The van der Waals surface area contributed by atoms with Crippen LogP contribution in [0, 0.1) is 10.1 Å². The standard InChI is InChI=1S/C17H23NO6/c1-2-3-13-23-16(19)7-5-4-6-8-17(20)24-15-11-9-14(10-12-15)18(21)22/h9-12H,2-8,13H2,1H3. The van der Waals surface area contributed by atoms with Gasteiger partial charge in [-0.05, 0) is 31.4 Å². The number of carbonyl (C=O) groups excluding carboxylic acids is 2. The number of carbonyl (C=O) groups is 2. The minimum Gasteiger partial charge on any atom is -0.466 e. The van der Waals surface area contributed by atoms with Crippen LogP contribution in [-0.4, -0.2) is 23.5 Å². The van der Waals surface area contributed by atoms with E-state index in [0.717, 1.165) is 19.3 Å². The van der Waals surface area contributed by atoms with Crippen LogP contribution in [0.25, 0.3) is 0 Å². The Balaban J connectivity index is 2.13. The van der Waals surface area contributed by atoms with E-state index in [9.17, 15) is 19.7 Å². The Morgan fingerprint density at radius 1 is 1.00 bits per heavy atom. The smallest absolute Gasteiger partial charge is 0.311 e. The lowest BCUT2D eigenvalue weighted by Gasteiger charge is -2.05. The van der Waals surface area contributed by atoms with Gasteiger partial charge in [0, 0.05) is 25.0 Å². The van der Waals surface area contributed by atoms with Crippen LogP contribution >= 0.6 is 0 Å². The van der Waals surface area contributed by atoms with Gasteiger partial charge < -0.3 is 9.47 Å². The zero-order valence-corrected chi connectivity index (χ0v) is 13.9. The molecule has 0 heterocycles. The maximum atomic E-state index is 11.7. The fourth-order valence-corrected chi connectivity index (χ4v) is 1.94. The van der Waals surface area contributed by atoms with E-state index in [-0.39, 0.29) is 23.8 Å². The van der Waals surface area contributed by atoms with Crippen molar-refractivity contribution in [2.45, 2.75) is 51.9 Å². The van der Waals surface area contributed by atoms with Crippen LogP contribution in [0.3, 0.4) is 0 Å². The van der Waals surface area contributed by atoms with Crippen molar-refractivity contribution in [1.29, 1.82) is 0 Å². The van der Waals surface area contributed by atoms with Gasteiger partial charge in [-0.2, -0.15) is 0 Å². The highest BCUT2D eigenvalue weighted by molar-refractivity contribution is 5.72. The quantitative estimate of drug-likeness (QED) is 0.200. The summed E-state index contributed by atoms with van der Waals surface area (Å²) >= 11 is 0. The van der Waals surface area contributed by atoms with E-state index in [1.54, 1.807) is 0 Å².